The van der Waals surface area contributed by atoms with Crippen LogP contribution in [-0.4, -0.2) is 12.0 Å². The Bertz CT molecular complexity index is 519. The van der Waals surface area contributed by atoms with E-state index in [4.69, 9.17) is 0 Å². The number of alkyl halides is 3. The molecule has 0 bridgehead atoms. The maximum atomic E-state index is 13.2. The van der Waals surface area contributed by atoms with Crippen molar-refractivity contribution in [1.82, 2.24) is 0 Å². The summed E-state index contributed by atoms with van der Waals surface area (Å²) in [5, 5.41) is 0. The fraction of sp³-hybridized carbons (Fsp3) is 0.533. The molecule has 21 heavy (non-hydrogen) atoms. The highest BCUT2D eigenvalue weighted by Crippen LogP contribution is 2.40. The maximum absolute atomic E-state index is 13.2. The minimum atomic E-state index is -4.17. The number of rotatable bonds is 3. The van der Waals surface area contributed by atoms with Crippen LogP contribution < -0.4 is 0 Å². The summed E-state index contributed by atoms with van der Waals surface area (Å²) < 4.78 is 51.5. The van der Waals surface area contributed by atoms with Crippen molar-refractivity contribution in [1.29, 1.82) is 0 Å². The van der Waals surface area contributed by atoms with Crippen molar-refractivity contribution >= 4 is 21.7 Å². The lowest BCUT2D eigenvalue weighted by molar-refractivity contribution is -0.184. The second kappa shape index (κ2) is 6.46. The molecule has 0 spiro atoms. The topological polar surface area (TPSA) is 17.1 Å². The second-order valence-electron chi connectivity index (χ2n) is 5.47. The molecular formula is C15H15BrF4O. The van der Waals surface area contributed by atoms with E-state index in [1.165, 1.54) is 18.2 Å². The lowest BCUT2D eigenvalue weighted by Gasteiger charge is -2.29. The molecule has 0 aliphatic heterocycles. The zero-order chi connectivity index (χ0) is 15.6. The van der Waals surface area contributed by atoms with Gasteiger partial charge in [-0.05, 0) is 49.4 Å². The molecule has 1 aromatic carbocycles. The quantitative estimate of drug-likeness (QED) is 0.682. The molecule has 0 heterocycles. The third kappa shape index (κ3) is 4.28. The summed E-state index contributed by atoms with van der Waals surface area (Å²) in [4.78, 5) is 12.2. The molecule has 116 valence electrons. The van der Waals surface area contributed by atoms with Gasteiger partial charge in [0.25, 0.3) is 0 Å². The van der Waals surface area contributed by atoms with E-state index in [1.807, 2.05) is 0 Å². The maximum Gasteiger partial charge on any atom is 0.391 e. The zero-order valence-corrected chi connectivity index (χ0v) is 12.8. The molecule has 2 rings (SSSR count). The van der Waals surface area contributed by atoms with Crippen LogP contribution in [0.5, 0.6) is 0 Å². The molecule has 1 aliphatic carbocycles. The van der Waals surface area contributed by atoms with Gasteiger partial charge in [-0.15, -0.1) is 0 Å². The van der Waals surface area contributed by atoms with Crippen molar-refractivity contribution in [2.45, 2.75) is 38.3 Å². The average molecular weight is 367 g/mol. The molecule has 0 atom stereocenters. The first-order valence-corrected chi connectivity index (χ1v) is 7.60. The van der Waals surface area contributed by atoms with Crippen LogP contribution in [0.2, 0.25) is 0 Å². The fourth-order valence-electron chi connectivity index (χ4n) is 2.75. The van der Waals surface area contributed by atoms with Crippen LogP contribution in [-0.2, 0) is 11.2 Å². The molecule has 1 saturated carbocycles. The number of benzene rings is 1. The summed E-state index contributed by atoms with van der Waals surface area (Å²) >= 11 is 3.25. The SMILES string of the molecule is O=C(Cc1cc(F)ccc1Br)C1CCC(C(F)(F)F)CC1. The van der Waals surface area contributed by atoms with Crippen LogP contribution in [0, 0.1) is 17.7 Å². The second-order valence-corrected chi connectivity index (χ2v) is 6.32. The Labute approximate surface area is 128 Å². The van der Waals surface area contributed by atoms with Crippen LogP contribution in [0.1, 0.15) is 31.2 Å². The Balaban J connectivity index is 1.95. The summed E-state index contributed by atoms with van der Waals surface area (Å²) in [5.41, 5.74) is 0.540. The van der Waals surface area contributed by atoms with Gasteiger partial charge < -0.3 is 0 Å². The highest BCUT2D eigenvalue weighted by atomic mass is 79.9. The van der Waals surface area contributed by atoms with Crippen molar-refractivity contribution in [2.75, 3.05) is 0 Å². The van der Waals surface area contributed by atoms with E-state index in [0.29, 0.717) is 10.0 Å². The highest BCUT2D eigenvalue weighted by molar-refractivity contribution is 9.10. The molecule has 0 aromatic heterocycles. The summed E-state index contributed by atoms with van der Waals surface area (Å²) in [7, 11) is 0. The molecule has 0 unspecified atom stereocenters. The normalized spacial score (nSPS) is 23.1. The molecular weight excluding hydrogens is 352 g/mol. The standard InChI is InChI=1S/C15H15BrF4O/c16-13-6-5-12(17)7-10(13)8-14(21)9-1-3-11(4-2-9)15(18,19)20/h5-7,9,11H,1-4,8H2. The Kier molecular flexibility index (Phi) is 5.07. The number of carbonyl (C=O) groups is 1. The van der Waals surface area contributed by atoms with Crippen LogP contribution in [0.4, 0.5) is 17.6 Å². The van der Waals surface area contributed by atoms with Gasteiger partial charge in [0.05, 0.1) is 5.92 Å². The summed E-state index contributed by atoms with van der Waals surface area (Å²) in [6, 6.07) is 4.09. The number of Topliss-reactive ketones (excluding diaryl/α,β-unsaturated/α-hetero) is 1. The first kappa shape index (κ1) is 16.5. The Morgan fingerprint density at radius 3 is 2.38 bits per heavy atom. The van der Waals surface area contributed by atoms with Crippen molar-refractivity contribution in [2.24, 2.45) is 11.8 Å². The van der Waals surface area contributed by atoms with Gasteiger partial charge in [-0.3, -0.25) is 4.79 Å². The largest absolute Gasteiger partial charge is 0.391 e. The van der Waals surface area contributed by atoms with E-state index >= 15 is 0 Å². The molecule has 0 N–H and O–H groups in total. The molecule has 0 amide bonds. The van der Waals surface area contributed by atoms with E-state index in [0.717, 1.165) is 0 Å². The van der Waals surface area contributed by atoms with E-state index in [1.54, 1.807) is 0 Å². The molecule has 0 saturated heterocycles. The summed E-state index contributed by atoms with van der Waals surface area (Å²) in [6.07, 6.45) is -3.58. The number of carbonyl (C=O) groups excluding carboxylic acids is 1. The van der Waals surface area contributed by atoms with Gasteiger partial charge in [0.1, 0.15) is 11.6 Å². The third-order valence-electron chi connectivity index (χ3n) is 4.02. The number of hydrogen-bond donors (Lipinski definition) is 0. The lowest BCUT2D eigenvalue weighted by Crippen LogP contribution is -2.30. The fourth-order valence-corrected chi connectivity index (χ4v) is 3.14. The Morgan fingerprint density at radius 1 is 1.19 bits per heavy atom. The van der Waals surface area contributed by atoms with E-state index in [9.17, 15) is 22.4 Å². The van der Waals surface area contributed by atoms with Crippen molar-refractivity contribution in [3.05, 3.63) is 34.1 Å². The minimum absolute atomic E-state index is 0.00419. The third-order valence-corrected chi connectivity index (χ3v) is 4.79. The summed E-state index contributed by atoms with van der Waals surface area (Å²) in [6.45, 7) is 0. The predicted molar refractivity (Wildman–Crippen MR) is 74.3 cm³/mol. The number of hydrogen-bond acceptors (Lipinski definition) is 1. The van der Waals surface area contributed by atoms with Crippen LogP contribution >= 0.6 is 15.9 Å². The van der Waals surface area contributed by atoms with Gasteiger partial charge in [-0.25, -0.2) is 4.39 Å². The van der Waals surface area contributed by atoms with Crippen molar-refractivity contribution < 1.29 is 22.4 Å². The molecule has 6 heteroatoms. The molecule has 1 nitrogen and oxygen atoms in total. The molecule has 1 aromatic rings. The predicted octanol–water partition coefficient (Wildman–Crippen LogP) is 5.07. The smallest absolute Gasteiger partial charge is 0.299 e. The van der Waals surface area contributed by atoms with Crippen LogP contribution in [0.25, 0.3) is 0 Å². The first-order valence-electron chi connectivity index (χ1n) is 6.80. The van der Waals surface area contributed by atoms with E-state index in [2.05, 4.69) is 15.9 Å². The minimum Gasteiger partial charge on any atom is -0.299 e. The molecule has 0 radical (unpaired) electrons. The van der Waals surface area contributed by atoms with Crippen LogP contribution in [0.15, 0.2) is 22.7 Å². The van der Waals surface area contributed by atoms with E-state index < -0.39 is 17.9 Å². The van der Waals surface area contributed by atoms with Crippen LogP contribution in [0.3, 0.4) is 0 Å². The van der Waals surface area contributed by atoms with Crippen molar-refractivity contribution in [3.63, 3.8) is 0 Å². The summed E-state index contributed by atoms with van der Waals surface area (Å²) in [5.74, 6) is -2.18. The number of ketones is 1. The Morgan fingerprint density at radius 2 is 1.81 bits per heavy atom. The lowest BCUT2D eigenvalue weighted by atomic mass is 9.78. The van der Waals surface area contributed by atoms with Gasteiger partial charge >= 0.3 is 6.18 Å². The monoisotopic (exact) mass is 366 g/mol. The van der Waals surface area contributed by atoms with Gasteiger partial charge in [-0.2, -0.15) is 13.2 Å². The molecule has 1 aliphatic rings. The van der Waals surface area contributed by atoms with Gasteiger partial charge in [0.15, 0.2) is 0 Å². The average Bonchev–Trinajstić information content (AvgIpc) is 2.42. The van der Waals surface area contributed by atoms with E-state index in [-0.39, 0.29) is 43.8 Å². The van der Waals surface area contributed by atoms with Gasteiger partial charge in [0, 0.05) is 16.8 Å². The molecule has 1 fully saturated rings. The van der Waals surface area contributed by atoms with Crippen molar-refractivity contribution in [3.8, 4) is 0 Å². The number of halogens is 5. The van der Waals surface area contributed by atoms with Gasteiger partial charge in [-0.1, -0.05) is 15.9 Å². The van der Waals surface area contributed by atoms with Gasteiger partial charge in [0.2, 0.25) is 0 Å². The highest BCUT2D eigenvalue weighted by Gasteiger charge is 2.42. The zero-order valence-electron chi connectivity index (χ0n) is 11.2. The Hall–Kier alpha value is -0.910. The first-order chi connectivity index (χ1) is 9.77.